The van der Waals surface area contributed by atoms with Crippen molar-refractivity contribution in [3.05, 3.63) is 37.5 Å². The molecular formula is C25H32F2N10O8P2S2. The van der Waals surface area contributed by atoms with E-state index in [0.717, 1.165) is 0 Å². The number of imidazole rings is 2. The first-order valence-electron chi connectivity index (χ1n) is 14.8. The number of nitrogens with one attached hydrogen (secondary N) is 2. The van der Waals surface area contributed by atoms with E-state index < -0.39 is 76.9 Å². The van der Waals surface area contributed by atoms with Crippen LogP contribution in [0.4, 0.5) is 20.4 Å². The fraction of sp³-hybridized carbons (Fsp3) is 0.520. The second kappa shape index (κ2) is 16.1. The third kappa shape index (κ3) is 7.63. The molecular weight excluding hydrogens is 732 g/mol. The lowest BCUT2D eigenvalue weighted by Crippen LogP contribution is -2.31. The van der Waals surface area contributed by atoms with Gasteiger partial charge < -0.3 is 39.4 Å². The van der Waals surface area contributed by atoms with Crippen LogP contribution in [0.15, 0.2) is 37.5 Å². The molecule has 0 amide bonds. The zero-order valence-electron chi connectivity index (χ0n) is 25.2. The van der Waals surface area contributed by atoms with Crippen molar-refractivity contribution in [2.24, 2.45) is 0 Å². The van der Waals surface area contributed by atoms with Crippen molar-refractivity contribution < 1.29 is 46.6 Å². The first-order valence-corrected chi connectivity index (χ1v) is 20.0. The van der Waals surface area contributed by atoms with Gasteiger partial charge in [0.1, 0.15) is 37.1 Å². The van der Waals surface area contributed by atoms with E-state index in [4.69, 9.17) is 18.5 Å². The molecule has 6 heterocycles. The van der Waals surface area contributed by atoms with Crippen molar-refractivity contribution in [3.63, 3.8) is 0 Å². The van der Waals surface area contributed by atoms with Crippen LogP contribution in [0.25, 0.3) is 22.3 Å². The molecule has 4 N–H and O–H groups in total. The first-order chi connectivity index (χ1) is 23.7. The Hall–Kier alpha value is -2.78. The summed E-state index contributed by atoms with van der Waals surface area (Å²) in [5.74, 6) is 0.815. The van der Waals surface area contributed by atoms with Crippen molar-refractivity contribution in [3.8, 4) is 0 Å². The Balaban J connectivity index is 1.03. The Morgan fingerprint density at radius 3 is 1.76 bits per heavy atom. The van der Waals surface area contributed by atoms with Crippen LogP contribution in [0.1, 0.15) is 18.9 Å². The summed E-state index contributed by atoms with van der Waals surface area (Å²) < 4.78 is 77.6. The summed E-state index contributed by atoms with van der Waals surface area (Å²) in [5.41, 5.74) is 1.31. The molecule has 0 radical (unpaired) electrons. The number of thiol groups is 2. The number of anilines is 2. The molecule has 18 nitrogen and oxygen atoms in total. The molecule has 24 heteroatoms. The minimum atomic E-state index is -2.79. The molecule has 6 rings (SSSR count). The van der Waals surface area contributed by atoms with Gasteiger partial charge in [-0.2, -0.15) is 0 Å². The number of aliphatic hydroxyl groups is 2. The highest BCUT2D eigenvalue weighted by Gasteiger charge is 2.49. The third-order valence-corrected chi connectivity index (χ3v) is 9.37. The van der Waals surface area contributed by atoms with Crippen molar-refractivity contribution in [2.75, 3.05) is 36.9 Å². The predicted molar refractivity (Wildman–Crippen MR) is 179 cm³/mol. The van der Waals surface area contributed by atoms with Crippen molar-refractivity contribution in [1.29, 1.82) is 0 Å². The van der Waals surface area contributed by atoms with Gasteiger partial charge in [-0.05, 0) is 6.42 Å². The van der Waals surface area contributed by atoms with Gasteiger partial charge in [0.05, 0.1) is 25.9 Å². The van der Waals surface area contributed by atoms with E-state index in [1.165, 1.54) is 34.4 Å². The van der Waals surface area contributed by atoms with Gasteiger partial charge in [0.2, 0.25) is 14.5 Å². The van der Waals surface area contributed by atoms with Gasteiger partial charge in [-0.1, -0.05) is 36.6 Å². The van der Waals surface area contributed by atoms with Crippen molar-refractivity contribution in [2.45, 2.75) is 55.6 Å². The van der Waals surface area contributed by atoms with Crippen molar-refractivity contribution >= 4 is 72.9 Å². The van der Waals surface area contributed by atoms with Gasteiger partial charge in [0, 0.05) is 13.1 Å². The smallest absolute Gasteiger partial charge is 0.243 e. The standard InChI is InChI=1S/C25H32F2N10O8P2S2/c26-14-18(44-46(40)48)12(6-38)42-24(14)36-10-34-16-20(30-8-32-22(16)36)28-4-2-1-3-5-29-21-17-23(33-9-31-21)37(11-35-17)25-15(27)19(45-47(41)49)13(7-39)43-25/h1-2,8-15,18-19,24-25,38-39,46-47H,3-7H2,(H,40,48)(H,41,49)(H,28,30,32)(H,29,31,33)/b2-1+/t12?,13?,14-,15-,18?,19-,24?,25-/m1/s1. The molecule has 0 aromatic carbocycles. The fourth-order valence-corrected chi connectivity index (χ4v) is 7.37. The van der Waals surface area contributed by atoms with Crippen LogP contribution >= 0.6 is 39.0 Å². The average Bonchev–Trinajstić information content (AvgIpc) is 3.85. The van der Waals surface area contributed by atoms with Gasteiger partial charge in [-0.3, -0.25) is 18.3 Å². The zero-order valence-corrected chi connectivity index (χ0v) is 29.0. The number of aromatic nitrogens is 8. The van der Waals surface area contributed by atoms with Crippen LogP contribution in [-0.4, -0.2) is 112 Å². The number of halogens is 2. The highest BCUT2D eigenvalue weighted by molar-refractivity contribution is 8.39. The largest absolute Gasteiger partial charge is 0.394 e. The Kier molecular flexibility index (Phi) is 11.8. The first kappa shape index (κ1) is 36.0. The summed E-state index contributed by atoms with van der Waals surface area (Å²) in [6, 6.07) is 0. The number of nitrogens with zero attached hydrogens (tertiary/aromatic N) is 8. The number of fused-ring (bicyclic) bond motifs is 2. The molecule has 6 unspecified atom stereocenters. The maximum atomic E-state index is 15.2. The molecule has 0 bridgehead atoms. The van der Waals surface area contributed by atoms with E-state index in [0.29, 0.717) is 42.2 Å². The Morgan fingerprint density at radius 2 is 1.29 bits per heavy atom. The SMILES string of the molecule is O=[PH](S)OC1C(CO)OC(n2cnc3c(NC/C=C/CCNc4ncnc5c4ncn5[C@@H]4OC(CO)[C@@H](O[PH](=O)S)[C@H]4F)ncnc32)[C@@H]1F. The quantitative estimate of drug-likeness (QED) is 0.0442. The minimum absolute atomic E-state index is 0.283. The normalized spacial score (nSPS) is 28.5. The van der Waals surface area contributed by atoms with Gasteiger partial charge in [0.25, 0.3) is 0 Å². The van der Waals surface area contributed by atoms with Crippen LogP contribution in [0, 0.1) is 0 Å². The number of hydrogen-bond donors (Lipinski definition) is 6. The second-order valence-electron chi connectivity index (χ2n) is 10.7. The topological polar surface area (TPSA) is 223 Å². The third-order valence-electron chi connectivity index (χ3n) is 7.79. The molecule has 2 aliphatic heterocycles. The molecule has 4 aromatic rings. The lowest BCUT2D eigenvalue weighted by Gasteiger charge is -2.16. The van der Waals surface area contributed by atoms with Crippen LogP contribution in [0.5, 0.6) is 0 Å². The van der Waals surface area contributed by atoms with Gasteiger partial charge in [-0.15, -0.1) is 0 Å². The highest BCUT2D eigenvalue weighted by atomic mass is 32.7. The predicted octanol–water partition coefficient (Wildman–Crippen LogP) is 2.30. The lowest BCUT2D eigenvalue weighted by molar-refractivity contribution is -0.0427. The van der Waals surface area contributed by atoms with Gasteiger partial charge >= 0.3 is 0 Å². The molecule has 0 saturated carbocycles. The average molecular weight is 765 g/mol. The van der Waals surface area contributed by atoms with E-state index in [1.54, 1.807) is 0 Å². The molecule has 4 aromatic heterocycles. The summed E-state index contributed by atoms with van der Waals surface area (Å²) in [7, 11) is -5.57. The maximum Gasteiger partial charge on any atom is 0.243 e. The van der Waals surface area contributed by atoms with E-state index in [9.17, 15) is 19.3 Å². The Bertz CT molecular complexity index is 1840. The van der Waals surface area contributed by atoms with Crippen LogP contribution < -0.4 is 10.6 Å². The number of alkyl halides is 2. The summed E-state index contributed by atoms with van der Waals surface area (Å²) in [4.78, 5) is 25.6. The number of hydrogen-bond acceptors (Lipinski definition) is 16. The molecule has 0 aliphatic carbocycles. The minimum Gasteiger partial charge on any atom is -0.394 e. The van der Waals surface area contributed by atoms with Crippen molar-refractivity contribution in [1.82, 2.24) is 39.0 Å². The lowest BCUT2D eigenvalue weighted by atomic mass is 10.1. The summed E-state index contributed by atoms with van der Waals surface area (Å²) in [6.07, 6.45) is -0.955. The Labute approximate surface area is 288 Å². The van der Waals surface area contributed by atoms with Gasteiger partial charge in [0.15, 0.2) is 58.8 Å². The molecule has 10 atom stereocenters. The molecule has 2 fully saturated rings. The highest BCUT2D eigenvalue weighted by Crippen LogP contribution is 2.42. The zero-order chi connectivity index (χ0) is 34.7. The molecule has 2 saturated heterocycles. The van der Waals surface area contributed by atoms with E-state index >= 15 is 8.78 Å². The van der Waals surface area contributed by atoms with E-state index in [-0.39, 0.29) is 11.3 Å². The van der Waals surface area contributed by atoms with Crippen LogP contribution in [0.2, 0.25) is 0 Å². The van der Waals surface area contributed by atoms with E-state index in [2.05, 4.69) is 65.0 Å². The molecule has 266 valence electrons. The second-order valence-corrected chi connectivity index (χ2v) is 14.5. The Morgan fingerprint density at radius 1 is 0.796 bits per heavy atom. The molecule has 49 heavy (non-hydrogen) atoms. The summed E-state index contributed by atoms with van der Waals surface area (Å²) >= 11 is 7.43. The summed E-state index contributed by atoms with van der Waals surface area (Å²) in [5, 5.41) is 25.5. The number of aliphatic hydroxyl groups excluding tert-OH is 2. The number of rotatable bonds is 15. The number of ether oxygens (including phenoxy) is 2. The molecule has 0 spiro atoms. The fourth-order valence-electron chi connectivity index (χ4n) is 5.61. The maximum absolute atomic E-state index is 15.2. The van der Waals surface area contributed by atoms with Crippen LogP contribution in [0.3, 0.4) is 0 Å². The van der Waals surface area contributed by atoms with Crippen LogP contribution in [-0.2, 0) is 27.7 Å². The molecule has 2 aliphatic rings. The van der Waals surface area contributed by atoms with Gasteiger partial charge in [-0.25, -0.2) is 38.7 Å². The summed E-state index contributed by atoms with van der Waals surface area (Å²) in [6.45, 7) is -0.245. The van der Waals surface area contributed by atoms with E-state index in [1.807, 2.05) is 12.2 Å². The monoisotopic (exact) mass is 764 g/mol.